The van der Waals surface area contributed by atoms with Gasteiger partial charge in [0.15, 0.2) is 0 Å². The van der Waals surface area contributed by atoms with Crippen LogP contribution in [-0.2, 0) is 10.0 Å². The summed E-state index contributed by atoms with van der Waals surface area (Å²) in [4.78, 5) is 0.0716. The molecule has 1 aromatic rings. The Labute approximate surface area is 125 Å². The lowest BCUT2D eigenvalue weighted by molar-refractivity contribution is 0.484. The van der Waals surface area contributed by atoms with E-state index in [1.165, 1.54) is 12.1 Å². The van der Waals surface area contributed by atoms with Crippen molar-refractivity contribution in [1.82, 2.24) is 4.72 Å². The van der Waals surface area contributed by atoms with Gasteiger partial charge in [0.25, 0.3) is 0 Å². The Morgan fingerprint density at radius 2 is 2.00 bits per heavy atom. The fraction of sp³-hybridized carbons (Fsp3) is 0.571. The number of nitrogens with two attached hydrogens (primary N) is 1. The zero-order valence-corrected chi connectivity index (χ0v) is 13.2. The Hall–Kier alpha value is -0.780. The molecule has 1 aliphatic rings. The topological polar surface area (TPSA) is 72.2 Å². The SMILES string of the molecule is CC1CCCC(NS(=O)(=O)c2cc(Cl)ccc2N)CC1. The van der Waals surface area contributed by atoms with E-state index in [0.29, 0.717) is 10.9 Å². The van der Waals surface area contributed by atoms with E-state index in [-0.39, 0.29) is 16.6 Å². The third kappa shape index (κ3) is 3.87. The molecule has 1 aliphatic carbocycles. The lowest BCUT2D eigenvalue weighted by atomic mass is 10.0. The quantitative estimate of drug-likeness (QED) is 0.664. The first-order chi connectivity index (χ1) is 9.38. The fourth-order valence-corrected chi connectivity index (χ4v) is 4.33. The number of sulfonamides is 1. The third-order valence-corrected chi connectivity index (χ3v) is 5.66. The maximum absolute atomic E-state index is 12.4. The van der Waals surface area contributed by atoms with Gasteiger partial charge < -0.3 is 5.73 Å². The summed E-state index contributed by atoms with van der Waals surface area (Å²) in [6, 6.07) is 4.50. The molecule has 0 spiro atoms. The minimum atomic E-state index is -3.61. The normalized spacial score (nSPS) is 24.3. The molecule has 0 radical (unpaired) electrons. The number of hydrogen-bond acceptors (Lipinski definition) is 3. The van der Waals surface area contributed by atoms with Crippen LogP contribution in [-0.4, -0.2) is 14.5 Å². The van der Waals surface area contributed by atoms with Crippen LogP contribution >= 0.6 is 11.6 Å². The van der Waals surface area contributed by atoms with E-state index in [9.17, 15) is 8.42 Å². The number of hydrogen-bond donors (Lipinski definition) is 2. The molecule has 0 heterocycles. The highest BCUT2D eigenvalue weighted by Gasteiger charge is 2.24. The highest BCUT2D eigenvalue weighted by molar-refractivity contribution is 7.89. The number of nitrogens with one attached hydrogen (secondary N) is 1. The van der Waals surface area contributed by atoms with E-state index >= 15 is 0 Å². The van der Waals surface area contributed by atoms with E-state index in [4.69, 9.17) is 17.3 Å². The highest BCUT2D eigenvalue weighted by Crippen LogP contribution is 2.26. The lowest BCUT2D eigenvalue weighted by Gasteiger charge is -2.17. The second kappa shape index (κ2) is 6.33. The van der Waals surface area contributed by atoms with Gasteiger partial charge in [0.05, 0.1) is 5.69 Å². The molecule has 2 unspecified atom stereocenters. The van der Waals surface area contributed by atoms with Crippen molar-refractivity contribution >= 4 is 27.3 Å². The molecule has 1 fully saturated rings. The summed E-state index contributed by atoms with van der Waals surface area (Å²) in [7, 11) is -3.61. The van der Waals surface area contributed by atoms with E-state index in [2.05, 4.69) is 11.6 Å². The van der Waals surface area contributed by atoms with Gasteiger partial charge in [-0.2, -0.15) is 0 Å². The van der Waals surface area contributed by atoms with Crippen LogP contribution in [0.25, 0.3) is 0 Å². The van der Waals surface area contributed by atoms with Crippen LogP contribution in [0.2, 0.25) is 5.02 Å². The summed E-state index contributed by atoms with van der Waals surface area (Å²) in [5, 5.41) is 0.370. The first kappa shape index (κ1) is 15.6. The standard InChI is InChI=1S/C14H21ClN2O2S/c1-10-3-2-4-12(7-5-10)17-20(18,19)14-9-11(15)6-8-13(14)16/h6,8-10,12,17H,2-5,7,16H2,1H3. The number of anilines is 1. The van der Waals surface area contributed by atoms with Gasteiger partial charge in [-0.3, -0.25) is 0 Å². The first-order valence-electron chi connectivity index (χ1n) is 6.96. The summed E-state index contributed by atoms with van der Waals surface area (Å²) in [6.07, 6.45) is 5.03. The van der Waals surface area contributed by atoms with Crippen molar-refractivity contribution < 1.29 is 8.42 Å². The highest BCUT2D eigenvalue weighted by atomic mass is 35.5. The predicted octanol–water partition coefficient (Wildman–Crippen LogP) is 3.17. The van der Waals surface area contributed by atoms with E-state index in [1.807, 2.05) is 0 Å². The van der Waals surface area contributed by atoms with Gasteiger partial charge in [0.2, 0.25) is 10.0 Å². The number of nitrogen functional groups attached to an aromatic ring is 1. The van der Waals surface area contributed by atoms with Crippen LogP contribution in [0.4, 0.5) is 5.69 Å². The van der Waals surface area contributed by atoms with E-state index in [1.54, 1.807) is 6.07 Å². The van der Waals surface area contributed by atoms with Crippen LogP contribution in [0.15, 0.2) is 23.1 Å². The van der Waals surface area contributed by atoms with Crippen molar-refractivity contribution in [2.75, 3.05) is 5.73 Å². The summed E-state index contributed by atoms with van der Waals surface area (Å²) in [5.41, 5.74) is 5.98. The molecule has 1 saturated carbocycles. The molecule has 0 amide bonds. The molecule has 0 saturated heterocycles. The molecular weight excluding hydrogens is 296 g/mol. The molecule has 0 aromatic heterocycles. The minimum Gasteiger partial charge on any atom is -0.398 e. The molecule has 112 valence electrons. The fourth-order valence-electron chi connectivity index (χ4n) is 2.63. The summed E-state index contributed by atoms with van der Waals surface area (Å²) < 4.78 is 27.6. The van der Waals surface area contributed by atoms with Crippen molar-refractivity contribution in [3.8, 4) is 0 Å². The molecule has 2 atom stereocenters. The van der Waals surface area contributed by atoms with Crippen molar-refractivity contribution in [3.05, 3.63) is 23.2 Å². The van der Waals surface area contributed by atoms with Crippen molar-refractivity contribution in [3.63, 3.8) is 0 Å². The number of benzene rings is 1. The molecule has 3 N–H and O–H groups in total. The zero-order chi connectivity index (χ0) is 14.8. The van der Waals surface area contributed by atoms with Crippen LogP contribution in [0, 0.1) is 5.92 Å². The molecule has 20 heavy (non-hydrogen) atoms. The van der Waals surface area contributed by atoms with Gasteiger partial charge in [-0.25, -0.2) is 13.1 Å². The van der Waals surface area contributed by atoms with Gasteiger partial charge in [-0.15, -0.1) is 0 Å². The molecule has 4 nitrogen and oxygen atoms in total. The molecular formula is C14H21ClN2O2S. The Bertz CT molecular complexity index is 575. The van der Waals surface area contributed by atoms with Gasteiger partial charge in [-0.05, 0) is 43.4 Å². The second-order valence-corrected chi connectivity index (χ2v) is 7.73. The molecule has 6 heteroatoms. The van der Waals surface area contributed by atoms with Crippen molar-refractivity contribution in [1.29, 1.82) is 0 Å². The molecule has 0 bridgehead atoms. The van der Waals surface area contributed by atoms with Crippen LogP contribution in [0.5, 0.6) is 0 Å². The molecule has 0 aliphatic heterocycles. The van der Waals surface area contributed by atoms with Crippen molar-refractivity contribution in [2.45, 2.75) is 50.0 Å². The Morgan fingerprint density at radius 3 is 2.75 bits per heavy atom. The molecule has 1 aromatic carbocycles. The summed E-state index contributed by atoms with van der Waals surface area (Å²) >= 11 is 5.86. The monoisotopic (exact) mass is 316 g/mol. The maximum Gasteiger partial charge on any atom is 0.242 e. The van der Waals surface area contributed by atoms with Crippen LogP contribution in [0.1, 0.15) is 39.0 Å². The third-order valence-electron chi connectivity index (χ3n) is 3.84. The van der Waals surface area contributed by atoms with Crippen molar-refractivity contribution in [2.24, 2.45) is 5.92 Å². The average molecular weight is 317 g/mol. The number of halogens is 1. The Kier molecular flexibility index (Phi) is 4.94. The Balaban J connectivity index is 2.16. The Morgan fingerprint density at radius 1 is 1.25 bits per heavy atom. The second-order valence-electron chi connectivity index (χ2n) is 5.61. The maximum atomic E-state index is 12.4. The van der Waals surface area contributed by atoms with Gasteiger partial charge in [-0.1, -0.05) is 31.4 Å². The van der Waals surface area contributed by atoms with Gasteiger partial charge in [0.1, 0.15) is 4.90 Å². The predicted molar refractivity (Wildman–Crippen MR) is 82.2 cm³/mol. The van der Waals surface area contributed by atoms with E-state index in [0.717, 1.165) is 32.1 Å². The largest absolute Gasteiger partial charge is 0.398 e. The summed E-state index contributed by atoms with van der Waals surface area (Å²) in [6.45, 7) is 2.21. The van der Waals surface area contributed by atoms with Gasteiger partial charge >= 0.3 is 0 Å². The smallest absolute Gasteiger partial charge is 0.242 e. The average Bonchev–Trinajstić information content (AvgIpc) is 2.57. The zero-order valence-electron chi connectivity index (χ0n) is 11.6. The first-order valence-corrected chi connectivity index (χ1v) is 8.82. The van der Waals surface area contributed by atoms with Crippen LogP contribution < -0.4 is 10.5 Å². The molecule has 2 rings (SSSR count). The van der Waals surface area contributed by atoms with Gasteiger partial charge in [0, 0.05) is 11.1 Å². The summed E-state index contributed by atoms with van der Waals surface area (Å²) in [5.74, 6) is 0.667. The lowest BCUT2D eigenvalue weighted by Crippen LogP contribution is -2.34. The van der Waals surface area contributed by atoms with E-state index < -0.39 is 10.0 Å². The van der Waals surface area contributed by atoms with Crippen LogP contribution in [0.3, 0.4) is 0 Å². The number of rotatable bonds is 3. The minimum absolute atomic E-state index is 0.0108.